The summed E-state index contributed by atoms with van der Waals surface area (Å²) in [6.07, 6.45) is 10.2. The van der Waals surface area contributed by atoms with Gasteiger partial charge in [-0.2, -0.15) is 4.31 Å². The average Bonchev–Trinajstić information content (AvgIpc) is 3.40. The zero-order valence-corrected chi connectivity index (χ0v) is 18.0. The molecule has 1 saturated heterocycles. The summed E-state index contributed by atoms with van der Waals surface area (Å²) in [4.78, 5) is 9.15. The average molecular weight is 423 g/mol. The smallest absolute Gasteiger partial charge is 0.243 e. The fraction of sp³-hybridized carbons (Fsp3) is 0.391. The van der Waals surface area contributed by atoms with Crippen molar-refractivity contribution in [3.8, 4) is 11.4 Å². The lowest BCUT2D eigenvalue weighted by atomic mass is 10.1. The second-order valence-corrected chi connectivity index (χ2v) is 10.2. The van der Waals surface area contributed by atoms with Crippen LogP contribution in [0.2, 0.25) is 0 Å². The second-order valence-electron chi connectivity index (χ2n) is 8.25. The maximum atomic E-state index is 13.2. The Morgan fingerprint density at radius 2 is 1.73 bits per heavy atom. The molecule has 2 aliphatic rings. The minimum atomic E-state index is -3.45. The van der Waals surface area contributed by atoms with E-state index in [0.29, 0.717) is 18.0 Å². The number of imidazole rings is 1. The second kappa shape index (κ2) is 7.63. The summed E-state index contributed by atoms with van der Waals surface area (Å²) < 4.78 is 30.4. The monoisotopic (exact) mass is 422 g/mol. The van der Waals surface area contributed by atoms with Gasteiger partial charge in [0.25, 0.3) is 0 Å². The van der Waals surface area contributed by atoms with Crippen LogP contribution < -0.4 is 0 Å². The number of pyridine rings is 1. The maximum absolute atomic E-state index is 13.2. The van der Waals surface area contributed by atoms with E-state index < -0.39 is 10.0 Å². The number of hydrogen-bond donors (Lipinski definition) is 0. The number of benzene rings is 1. The Labute approximate surface area is 177 Å². The SMILES string of the molecule is Cc1cnc(-c2ccncc2)n1C1CCN(S(=O)(=O)c2ccc3c(c2)CCC3)CC1. The highest BCUT2D eigenvalue weighted by atomic mass is 32.2. The molecular formula is C23H26N4O2S. The maximum Gasteiger partial charge on any atom is 0.243 e. The van der Waals surface area contributed by atoms with E-state index in [2.05, 4.69) is 21.5 Å². The lowest BCUT2D eigenvalue weighted by Crippen LogP contribution is -2.39. The topological polar surface area (TPSA) is 68.1 Å². The van der Waals surface area contributed by atoms with Crippen LogP contribution in [0.15, 0.2) is 53.8 Å². The van der Waals surface area contributed by atoms with Crippen LogP contribution in [0.1, 0.15) is 42.1 Å². The Kier molecular flexibility index (Phi) is 4.95. The standard InChI is InChI=1S/C23H26N4O2S/c1-17-16-25-23(19-7-11-24-12-8-19)27(17)21-9-13-26(14-10-21)30(28,29)22-6-5-18-3-2-4-20(18)15-22/h5-8,11-12,15-16,21H,2-4,9-10,13-14H2,1H3. The first kappa shape index (κ1) is 19.5. The normalized spacial score (nSPS) is 17.9. The van der Waals surface area contributed by atoms with Crippen LogP contribution in [0, 0.1) is 6.92 Å². The lowest BCUT2D eigenvalue weighted by Gasteiger charge is -2.33. The first-order valence-corrected chi connectivity index (χ1v) is 12.0. The van der Waals surface area contributed by atoms with Crippen molar-refractivity contribution in [3.63, 3.8) is 0 Å². The van der Waals surface area contributed by atoms with Crippen molar-refractivity contribution in [1.82, 2.24) is 18.8 Å². The highest BCUT2D eigenvalue weighted by Gasteiger charge is 2.32. The molecule has 3 aromatic rings. The molecule has 0 radical (unpaired) electrons. The molecule has 7 heteroatoms. The summed E-state index contributed by atoms with van der Waals surface area (Å²) in [5.41, 5.74) is 4.63. The molecule has 1 aliphatic carbocycles. The molecule has 0 amide bonds. The van der Waals surface area contributed by atoms with Crippen LogP contribution in [0.5, 0.6) is 0 Å². The van der Waals surface area contributed by atoms with E-state index in [1.807, 2.05) is 30.5 Å². The third-order valence-electron chi connectivity index (χ3n) is 6.42. The molecule has 1 aromatic carbocycles. The van der Waals surface area contributed by atoms with E-state index in [-0.39, 0.29) is 6.04 Å². The molecule has 0 bridgehead atoms. The number of aromatic nitrogens is 3. The quantitative estimate of drug-likeness (QED) is 0.642. The predicted molar refractivity (Wildman–Crippen MR) is 116 cm³/mol. The van der Waals surface area contributed by atoms with Crippen molar-refractivity contribution in [2.75, 3.05) is 13.1 Å². The molecule has 6 nitrogen and oxygen atoms in total. The molecule has 156 valence electrons. The molecule has 0 unspecified atom stereocenters. The first-order chi connectivity index (χ1) is 14.5. The number of hydrogen-bond acceptors (Lipinski definition) is 4. The van der Waals surface area contributed by atoms with Gasteiger partial charge in [-0.15, -0.1) is 0 Å². The zero-order chi connectivity index (χ0) is 20.7. The van der Waals surface area contributed by atoms with Crippen molar-refractivity contribution < 1.29 is 8.42 Å². The van der Waals surface area contributed by atoms with Crippen LogP contribution >= 0.6 is 0 Å². The number of fused-ring (bicyclic) bond motifs is 1. The van der Waals surface area contributed by atoms with E-state index in [0.717, 1.165) is 49.2 Å². The zero-order valence-electron chi connectivity index (χ0n) is 17.2. The summed E-state index contributed by atoms with van der Waals surface area (Å²) in [5.74, 6) is 0.926. The van der Waals surface area contributed by atoms with Gasteiger partial charge < -0.3 is 4.57 Å². The van der Waals surface area contributed by atoms with E-state index in [4.69, 9.17) is 0 Å². The predicted octanol–water partition coefficient (Wildman–Crippen LogP) is 3.77. The minimum Gasteiger partial charge on any atom is -0.325 e. The summed E-state index contributed by atoms with van der Waals surface area (Å²) in [6.45, 7) is 3.11. The number of nitrogens with zero attached hydrogens (tertiary/aromatic N) is 4. The number of sulfonamides is 1. The summed E-state index contributed by atoms with van der Waals surface area (Å²) in [6, 6.07) is 9.84. The van der Waals surface area contributed by atoms with Gasteiger partial charge in [-0.25, -0.2) is 13.4 Å². The van der Waals surface area contributed by atoms with E-state index >= 15 is 0 Å². The van der Waals surface area contributed by atoms with Crippen molar-refractivity contribution in [1.29, 1.82) is 0 Å². The van der Waals surface area contributed by atoms with Gasteiger partial charge in [0, 0.05) is 49.0 Å². The van der Waals surface area contributed by atoms with E-state index in [1.165, 1.54) is 11.1 Å². The number of rotatable bonds is 4. The van der Waals surface area contributed by atoms with Gasteiger partial charge >= 0.3 is 0 Å². The molecule has 5 rings (SSSR count). The Balaban J connectivity index is 1.36. The fourth-order valence-corrected chi connectivity index (χ4v) is 6.34. The Morgan fingerprint density at radius 1 is 1.00 bits per heavy atom. The molecular weight excluding hydrogens is 396 g/mol. The number of aryl methyl sites for hydroxylation is 3. The highest BCUT2D eigenvalue weighted by Crippen LogP contribution is 2.33. The van der Waals surface area contributed by atoms with Gasteiger partial charge in [-0.3, -0.25) is 4.98 Å². The van der Waals surface area contributed by atoms with Crippen molar-refractivity contribution in [2.45, 2.75) is 50.0 Å². The fourth-order valence-electron chi connectivity index (χ4n) is 4.82. The van der Waals surface area contributed by atoms with Gasteiger partial charge in [0.05, 0.1) is 4.90 Å². The molecule has 3 heterocycles. The van der Waals surface area contributed by atoms with Gasteiger partial charge in [-0.1, -0.05) is 6.07 Å². The van der Waals surface area contributed by atoms with Crippen molar-refractivity contribution in [3.05, 3.63) is 65.7 Å². The van der Waals surface area contributed by atoms with Gasteiger partial charge in [-0.05, 0) is 74.4 Å². The summed E-state index contributed by atoms with van der Waals surface area (Å²) in [7, 11) is -3.45. The Hall–Kier alpha value is -2.51. The Morgan fingerprint density at radius 3 is 2.50 bits per heavy atom. The summed E-state index contributed by atoms with van der Waals surface area (Å²) in [5, 5.41) is 0. The Bertz CT molecular complexity index is 1160. The molecule has 1 fully saturated rings. The van der Waals surface area contributed by atoms with Gasteiger partial charge in [0.15, 0.2) is 0 Å². The van der Waals surface area contributed by atoms with Crippen LogP contribution in [0.4, 0.5) is 0 Å². The molecule has 0 saturated carbocycles. The molecule has 0 spiro atoms. The molecule has 0 N–H and O–H groups in total. The molecule has 0 atom stereocenters. The molecule has 30 heavy (non-hydrogen) atoms. The number of piperidine rings is 1. The molecule has 2 aromatic heterocycles. The lowest BCUT2D eigenvalue weighted by molar-refractivity contribution is 0.273. The highest BCUT2D eigenvalue weighted by molar-refractivity contribution is 7.89. The van der Waals surface area contributed by atoms with Crippen LogP contribution in [-0.4, -0.2) is 40.3 Å². The summed E-state index contributed by atoms with van der Waals surface area (Å²) >= 11 is 0. The van der Waals surface area contributed by atoms with Gasteiger partial charge in [0.1, 0.15) is 5.82 Å². The van der Waals surface area contributed by atoms with Crippen LogP contribution in [0.3, 0.4) is 0 Å². The third kappa shape index (κ3) is 3.36. The van der Waals surface area contributed by atoms with Crippen molar-refractivity contribution >= 4 is 10.0 Å². The third-order valence-corrected chi connectivity index (χ3v) is 8.31. The van der Waals surface area contributed by atoms with E-state index in [1.54, 1.807) is 22.8 Å². The van der Waals surface area contributed by atoms with E-state index in [9.17, 15) is 8.42 Å². The van der Waals surface area contributed by atoms with Crippen LogP contribution in [0.25, 0.3) is 11.4 Å². The largest absolute Gasteiger partial charge is 0.325 e. The minimum absolute atomic E-state index is 0.238. The molecule has 1 aliphatic heterocycles. The van der Waals surface area contributed by atoms with Gasteiger partial charge in [0.2, 0.25) is 10.0 Å². The van der Waals surface area contributed by atoms with Crippen LogP contribution in [-0.2, 0) is 22.9 Å². The van der Waals surface area contributed by atoms with Crippen molar-refractivity contribution in [2.24, 2.45) is 0 Å². The first-order valence-electron chi connectivity index (χ1n) is 10.6.